The molecule has 1 unspecified atom stereocenters. The highest BCUT2D eigenvalue weighted by atomic mass is 32.2. The summed E-state index contributed by atoms with van der Waals surface area (Å²) in [6.07, 6.45) is 4.01. The first-order chi connectivity index (χ1) is 19.1. The van der Waals surface area contributed by atoms with Crippen molar-refractivity contribution in [3.05, 3.63) is 95.1 Å². The van der Waals surface area contributed by atoms with Crippen molar-refractivity contribution in [1.82, 2.24) is 10.2 Å². The summed E-state index contributed by atoms with van der Waals surface area (Å²) in [6, 6.07) is 20.6. The van der Waals surface area contributed by atoms with Crippen molar-refractivity contribution >= 4 is 27.5 Å². The summed E-state index contributed by atoms with van der Waals surface area (Å²) in [7, 11) is -4.08. The van der Waals surface area contributed by atoms with Gasteiger partial charge in [0.1, 0.15) is 12.6 Å². The van der Waals surface area contributed by atoms with Crippen molar-refractivity contribution in [1.29, 1.82) is 0 Å². The van der Waals surface area contributed by atoms with Crippen LogP contribution >= 0.6 is 0 Å². The molecule has 0 radical (unpaired) electrons. The minimum Gasteiger partial charge on any atom is -0.352 e. The van der Waals surface area contributed by atoms with Crippen LogP contribution in [-0.2, 0) is 26.2 Å². The molecular weight excluding hydrogens is 522 g/mol. The lowest BCUT2D eigenvalue weighted by Gasteiger charge is -2.33. The van der Waals surface area contributed by atoms with E-state index in [2.05, 4.69) is 5.32 Å². The zero-order valence-electron chi connectivity index (χ0n) is 23.8. The number of hydrogen-bond acceptors (Lipinski definition) is 4. The van der Waals surface area contributed by atoms with Crippen molar-refractivity contribution in [3.8, 4) is 0 Å². The minimum absolute atomic E-state index is 0.0975. The molecule has 0 spiro atoms. The molecule has 1 atom stereocenters. The smallest absolute Gasteiger partial charge is 0.264 e. The maximum absolute atomic E-state index is 14.1. The Bertz CT molecular complexity index is 1450. The molecule has 0 aliphatic heterocycles. The fourth-order valence-electron chi connectivity index (χ4n) is 5.26. The largest absolute Gasteiger partial charge is 0.352 e. The average Bonchev–Trinajstić information content (AvgIpc) is 3.44. The SMILES string of the molecule is Cc1ccc(N(CC(=O)N(Cc2ccccc2C)C(C)C(=O)NC2CCCC2)S(=O)(=O)c2ccccc2)c(C)c1. The van der Waals surface area contributed by atoms with Crippen molar-refractivity contribution in [2.45, 2.75) is 76.9 Å². The predicted molar refractivity (Wildman–Crippen MR) is 158 cm³/mol. The normalized spacial score (nSPS) is 14.5. The van der Waals surface area contributed by atoms with Gasteiger partial charge in [-0.3, -0.25) is 13.9 Å². The lowest BCUT2D eigenvalue weighted by Crippen LogP contribution is -2.52. The van der Waals surface area contributed by atoms with E-state index in [1.165, 1.54) is 21.3 Å². The predicted octanol–water partition coefficient (Wildman–Crippen LogP) is 5.28. The molecule has 0 aromatic heterocycles. The van der Waals surface area contributed by atoms with Gasteiger partial charge in [-0.1, -0.05) is 73.0 Å². The lowest BCUT2D eigenvalue weighted by atomic mass is 10.1. The summed E-state index contributed by atoms with van der Waals surface area (Å²) in [5.74, 6) is -0.672. The third kappa shape index (κ3) is 6.73. The highest BCUT2D eigenvalue weighted by molar-refractivity contribution is 7.92. The zero-order chi connectivity index (χ0) is 28.9. The fourth-order valence-corrected chi connectivity index (χ4v) is 6.76. The quantitative estimate of drug-likeness (QED) is 0.365. The van der Waals surface area contributed by atoms with Gasteiger partial charge in [0, 0.05) is 12.6 Å². The summed E-state index contributed by atoms with van der Waals surface area (Å²) in [5, 5.41) is 3.11. The summed E-state index contributed by atoms with van der Waals surface area (Å²) < 4.78 is 29.1. The monoisotopic (exact) mass is 561 g/mol. The van der Waals surface area contributed by atoms with Crippen LogP contribution in [0.5, 0.6) is 0 Å². The summed E-state index contributed by atoms with van der Waals surface area (Å²) in [5.41, 5.74) is 4.06. The van der Waals surface area contributed by atoms with Crippen molar-refractivity contribution in [2.24, 2.45) is 0 Å². The molecule has 1 aliphatic rings. The summed E-state index contributed by atoms with van der Waals surface area (Å²) in [6.45, 7) is 7.21. The molecule has 40 heavy (non-hydrogen) atoms. The molecule has 0 bridgehead atoms. The van der Waals surface area contributed by atoms with Gasteiger partial charge in [0.2, 0.25) is 11.8 Å². The van der Waals surface area contributed by atoms with E-state index in [0.717, 1.165) is 47.9 Å². The third-order valence-corrected chi connectivity index (χ3v) is 9.48. The number of aryl methyl sites for hydroxylation is 3. The highest BCUT2D eigenvalue weighted by Crippen LogP contribution is 2.28. The standard InChI is InChI=1S/C32H39N3O4S/c1-23-18-19-30(25(3)20-23)35(40(38,39)29-16-6-5-7-17-29)22-31(36)34(21-27-13-9-8-12-24(27)2)26(4)32(37)33-28-14-10-11-15-28/h5-9,12-13,16-20,26,28H,10-11,14-15,21-22H2,1-4H3,(H,33,37). The van der Waals surface area contributed by atoms with Crippen LogP contribution in [-0.4, -0.2) is 43.8 Å². The molecule has 4 rings (SSSR count). The Morgan fingerprint density at radius 1 is 0.900 bits per heavy atom. The van der Waals surface area contributed by atoms with Crippen LogP contribution in [0.25, 0.3) is 0 Å². The van der Waals surface area contributed by atoms with Crippen LogP contribution in [0.3, 0.4) is 0 Å². The van der Waals surface area contributed by atoms with Crippen LogP contribution in [0.4, 0.5) is 5.69 Å². The molecule has 3 aromatic rings. The average molecular weight is 562 g/mol. The van der Waals surface area contributed by atoms with Gasteiger partial charge in [-0.05, 0) is 75.4 Å². The number of carbonyl (C=O) groups is 2. The molecule has 3 aromatic carbocycles. The molecule has 8 heteroatoms. The first-order valence-corrected chi connectivity index (χ1v) is 15.3. The molecule has 0 heterocycles. The van der Waals surface area contributed by atoms with E-state index in [1.54, 1.807) is 31.2 Å². The number of nitrogens with one attached hydrogen (secondary N) is 1. The molecular formula is C32H39N3O4S. The lowest BCUT2D eigenvalue weighted by molar-refractivity contribution is -0.139. The van der Waals surface area contributed by atoms with E-state index in [-0.39, 0.29) is 23.4 Å². The summed E-state index contributed by atoms with van der Waals surface area (Å²) >= 11 is 0. The topological polar surface area (TPSA) is 86.8 Å². The number of anilines is 1. The van der Waals surface area contributed by atoms with Crippen LogP contribution in [0, 0.1) is 20.8 Å². The van der Waals surface area contributed by atoms with Gasteiger partial charge in [-0.25, -0.2) is 8.42 Å². The molecule has 7 nitrogen and oxygen atoms in total. The molecule has 1 fully saturated rings. The van der Waals surface area contributed by atoms with Gasteiger partial charge in [-0.15, -0.1) is 0 Å². The van der Waals surface area contributed by atoms with E-state index in [4.69, 9.17) is 0 Å². The van der Waals surface area contributed by atoms with Crippen LogP contribution in [0.15, 0.2) is 77.7 Å². The van der Waals surface area contributed by atoms with Gasteiger partial charge < -0.3 is 10.2 Å². The maximum atomic E-state index is 14.1. The third-order valence-electron chi connectivity index (χ3n) is 7.70. The minimum atomic E-state index is -4.08. The molecule has 1 aliphatic carbocycles. The number of rotatable bonds is 10. The molecule has 2 amide bonds. The first-order valence-electron chi connectivity index (χ1n) is 13.9. The van der Waals surface area contributed by atoms with Crippen LogP contribution in [0.1, 0.15) is 54.9 Å². The molecule has 212 valence electrons. The molecule has 0 saturated heterocycles. The van der Waals surface area contributed by atoms with Crippen LogP contribution in [0.2, 0.25) is 0 Å². The first kappa shape index (κ1) is 29.3. The van der Waals surface area contributed by atoms with Gasteiger partial charge in [-0.2, -0.15) is 0 Å². The van der Waals surface area contributed by atoms with E-state index < -0.39 is 28.5 Å². The number of nitrogens with zero attached hydrogens (tertiary/aromatic N) is 2. The van der Waals surface area contributed by atoms with Gasteiger partial charge >= 0.3 is 0 Å². The van der Waals surface area contributed by atoms with E-state index in [0.29, 0.717) is 5.69 Å². The number of amides is 2. The van der Waals surface area contributed by atoms with Crippen molar-refractivity contribution in [2.75, 3.05) is 10.8 Å². The van der Waals surface area contributed by atoms with Gasteiger partial charge in [0.05, 0.1) is 10.6 Å². The second-order valence-corrected chi connectivity index (χ2v) is 12.6. The van der Waals surface area contributed by atoms with E-state index in [9.17, 15) is 18.0 Å². The zero-order valence-corrected chi connectivity index (χ0v) is 24.6. The van der Waals surface area contributed by atoms with Gasteiger partial charge in [0.15, 0.2) is 0 Å². The Hall–Kier alpha value is -3.65. The number of benzene rings is 3. The Balaban J connectivity index is 1.71. The molecule has 1 N–H and O–H groups in total. The van der Waals surface area contributed by atoms with E-state index in [1.807, 2.05) is 57.2 Å². The Morgan fingerprint density at radius 2 is 1.55 bits per heavy atom. The van der Waals surface area contributed by atoms with Gasteiger partial charge in [0.25, 0.3) is 10.0 Å². The molecule has 1 saturated carbocycles. The van der Waals surface area contributed by atoms with Crippen LogP contribution < -0.4 is 9.62 Å². The summed E-state index contributed by atoms with van der Waals surface area (Å²) in [4.78, 5) is 29.1. The maximum Gasteiger partial charge on any atom is 0.264 e. The van der Waals surface area contributed by atoms with Crippen molar-refractivity contribution in [3.63, 3.8) is 0 Å². The number of carbonyl (C=O) groups excluding carboxylic acids is 2. The highest BCUT2D eigenvalue weighted by Gasteiger charge is 2.34. The van der Waals surface area contributed by atoms with Crippen molar-refractivity contribution < 1.29 is 18.0 Å². The Labute approximate surface area is 238 Å². The Kier molecular flexibility index (Phi) is 9.30. The Morgan fingerprint density at radius 3 is 2.20 bits per heavy atom. The number of hydrogen-bond donors (Lipinski definition) is 1. The second kappa shape index (κ2) is 12.7. The number of sulfonamides is 1. The fraction of sp³-hybridized carbons (Fsp3) is 0.375. The van der Waals surface area contributed by atoms with E-state index >= 15 is 0 Å². The second-order valence-electron chi connectivity index (χ2n) is 10.7.